The van der Waals surface area contributed by atoms with Gasteiger partial charge >= 0.3 is 5.97 Å². The monoisotopic (exact) mass is 359 g/mol. The Hall–Kier alpha value is -2.21. The first-order valence-corrected chi connectivity index (χ1v) is 8.87. The second-order valence-electron chi connectivity index (χ2n) is 8.11. The van der Waals surface area contributed by atoms with Crippen molar-refractivity contribution in [3.8, 4) is 5.88 Å². The average molecular weight is 359 g/mol. The van der Waals surface area contributed by atoms with Gasteiger partial charge in [-0.2, -0.15) is 0 Å². The molecule has 0 aromatic carbocycles. The van der Waals surface area contributed by atoms with E-state index in [9.17, 15) is 4.79 Å². The third-order valence-electron chi connectivity index (χ3n) is 3.75. The molecule has 0 saturated heterocycles. The lowest BCUT2D eigenvalue weighted by Gasteiger charge is -2.22. The summed E-state index contributed by atoms with van der Waals surface area (Å²) in [6.07, 6.45) is 4.38. The Morgan fingerprint density at radius 2 is 1.81 bits per heavy atom. The number of aromatic nitrogens is 2. The van der Waals surface area contributed by atoms with Gasteiger partial charge in [0.25, 0.3) is 0 Å². The molecule has 0 aliphatic rings. The van der Waals surface area contributed by atoms with Gasteiger partial charge in [-0.3, -0.25) is 9.78 Å². The summed E-state index contributed by atoms with van der Waals surface area (Å²) in [5.74, 6) is 0.279. The second-order valence-corrected chi connectivity index (χ2v) is 8.11. The number of carbonyl (C=O) groups excluding carboxylic acids is 1. The second kappa shape index (κ2) is 7.58. The fourth-order valence-corrected chi connectivity index (χ4v) is 2.62. The number of esters is 1. The van der Waals surface area contributed by atoms with Gasteiger partial charge in [-0.1, -0.05) is 0 Å². The summed E-state index contributed by atoms with van der Waals surface area (Å²) in [6, 6.07) is 1.99. The lowest BCUT2D eigenvalue weighted by molar-refractivity contribution is -0.155. The summed E-state index contributed by atoms with van der Waals surface area (Å²) < 4.78 is 11.1. The van der Waals surface area contributed by atoms with Crippen LogP contribution < -0.4 is 10.5 Å². The molecule has 0 saturated carbocycles. The van der Waals surface area contributed by atoms with Crippen molar-refractivity contribution in [1.29, 1.82) is 0 Å². The van der Waals surface area contributed by atoms with E-state index in [4.69, 9.17) is 15.2 Å². The van der Waals surface area contributed by atoms with Crippen LogP contribution in [0.2, 0.25) is 0 Å². The summed E-state index contributed by atoms with van der Waals surface area (Å²) in [7, 11) is 0. The fraction of sp³-hybridized carbons (Fsp3) is 0.550. The van der Waals surface area contributed by atoms with E-state index >= 15 is 0 Å². The molecule has 0 spiro atoms. The Labute approximate surface area is 155 Å². The number of ether oxygens (including phenoxy) is 2. The molecule has 0 aliphatic carbocycles. The van der Waals surface area contributed by atoms with Crippen LogP contribution in [0.1, 0.15) is 58.7 Å². The molecule has 26 heavy (non-hydrogen) atoms. The first-order chi connectivity index (χ1) is 12.0. The molecule has 0 bridgehead atoms. The largest absolute Gasteiger partial charge is 0.477 e. The Bertz CT molecular complexity index is 789. The summed E-state index contributed by atoms with van der Waals surface area (Å²) in [6.45, 7) is 11.8. The molecule has 2 heterocycles. The number of nitrogens with two attached hydrogens (primary N) is 1. The first-order valence-electron chi connectivity index (χ1n) is 8.87. The molecule has 0 fully saturated rings. The van der Waals surface area contributed by atoms with Crippen molar-refractivity contribution in [2.24, 2.45) is 5.73 Å². The van der Waals surface area contributed by atoms with Gasteiger partial charge in [-0.25, -0.2) is 4.98 Å². The minimum atomic E-state index is -0.520. The zero-order chi connectivity index (χ0) is 19.5. The van der Waals surface area contributed by atoms with Crippen molar-refractivity contribution in [1.82, 2.24) is 9.97 Å². The maximum Gasteiger partial charge on any atom is 0.306 e. The molecule has 0 aliphatic heterocycles. The van der Waals surface area contributed by atoms with Crippen LogP contribution in [0, 0.1) is 6.92 Å². The van der Waals surface area contributed by atoms with E-state index < -0.39 is 11.1 Å². The molecule has 2 aromatic rings. The van der Waals surface area contributed by atoms with Crippen molar-refractivity contribution >= 4 is 16.7 Å². The topological polar surface area (TPSA) is 87.3 Å². The average Bonchev–Trinajstić information content (AvgIpc) is 2.48. The van der Waals surface area contributed by atoms with Gasteiger partial charge in [0.05, 0.1) is 12.0 Å². The molecule has 142 valence electrons. The minimum absolute atomic E-state index is 0.226. The highest BCUT2D eigenvalue weighted by Gasteiger charge is 2.20. The number of carbonyl (C=O) groups is 1. The molecule has 6 heteroatoms. The molecule has 0 amide bonds. The van der Waals surface area contributed by atoms with Crippen LogP contribution in [-0.2, 0) is 15.1 Å². The van der Waals surface area contributed by atoms with Crippen molar-refractivity contribution < 1.29 is 14.3 Å². The van der Waals surface area contributed by atoms with Crippen LogP contribution in [0.15, 0.2) is 18.5 Å². The van der Waals surface area contributed by atoms with E-state index in [0.717, 1.165) is 22.0 Å². The number of rotatable bonds is 6. The summed E-state index contributed by atoms with van der Waals surface area (Å²) in [4.78, 5) is 20.5. The van der Waals surface area contributed by atoms with Crippen LogP contribution in [0.5, 0.6) is 5.88 Å². The van der Waals surface area contributed by atoms with E-state index in [1.54, 1.807) is 12.4 Å². The van der Waals surface area contributed by atoms with Crippen LogP contribution in [0.4, 0.5) is 0 Å². The summed E-state index contributed by atoms with van der Waals surface area (Å²) >= 11 is 0. The zero-order valence-corrected chi connectivity index (χ0v) is 16.5. The summed E-state index contributed by atoms with van der Waals surface area (Å²) in [5, 5.41) is 1.81. The third-order valence-corrected chi connectivity index (χ3v) is 3.75. The molecular weight excluding hydrogens is 330 g/mol. The first kappa shape index (κ1) is 20.1. The van der Waals surface area contributed by atoms with Crippen LogP contribution in [0.3, 0.4) is 0 Å². The molecule has 0 atom stereocenters. The van der Waals surface area contributed by atoms with E-state index in [-0.39, 0.29) is 5.97 Å². The van der Waals surface area contributed by atoms with Crippen LogP contribution >= 0.6 is 0 Å². The smallest absolute Gasteiger partial charge is 0.306 e. The minimum Gasteiger partial charge on any atom is -0.477 e. The maximum atomic E-state index is 11.8. The van der Waals surface area contributed by atoms with Gasteiger partial charge in [0.2, 0.25) is 5.88 Å². The van der Waals surface area contributed by atoms with Crippen LogP contribution in [0.25, 0.3) is 10.8 Å². The van der Waals surface area contributed by atoms with E-state index in [0.29, 0.717) is 25.3 Å². The highest BCUT2D eigenvalue weighted by molar-refractivity contribution is 5.89. The zero-order valence-electron chi connectivity index (χ0n) is 16.5. The van der Waals surface area contributed by atoms with Crippen molar-refractivity contribution in [2.45, 2.75) is 65.5 Å². The lowest BCUT2D eigenvalue weighted by atomic mass is 9.93. The molecular formula is C20H29N3O3. The van der Waals surface area contributed by atoms with Gasteiger partial charge in [0.1, 0.15) is 5.60 Å². The van der Waals surface area contributed by atoms with Gasteiger partial charge < -0.3 is 15.2 Å². The maximum absolute atomic E-state index is 11.8. The van der Waals surface area contributed by atoms with Gasteiger partial charge in [-0.15, -0.1) is 0 Å². The molecule has 2 N–H and O–H groups in total. The summed E-state index contributed by atoms with van der Waals surface area (Å²) in [5.41, 5.74) is 7.14. The number of hydrogen-bond acceptors (Lipinski definition) is 6. The Morgan fingerprint density at radius 3 is 2.42 bits per heavy atom. The molecule has 2 rings (SSSR count). The quantitative estimate of drug-likeness (QED) is 0.626. The van der Waals surface area contributed by atoms with Crippen molar-refractivity contribution in [2.75, 3.05) is 6.61 Å². The molecule has 2 aromatic heterocycles. The predicted octanol–water partition coefficient (Wildman–Crippen LogP) is 3.63. The van der Waals surface area contributed by atoms with E-state index in [1.165, 1.54) is 0 Å². The standard InChI is InChI=1S/C20H29N3O3/c1-13-10-14-15(11-22-13)18(23-12-16(14)20(5,6)21)25-9-7-8-17(24)26-19(2,3)4/h10-12H,7-9,21H2,1-6H3. The fourth-order valence-electron chi connectivity index (χ4n) is 2.62. The molecule has 6 nitrogen and oxygen atoms in total. The SMILES string of the molecule is Cc1cc2c(C(C)(C)N)cnc(OCCCC(=O)OC(C)(C)C)c2cn1. The highest BCUT2D eigenvalue weighted by Crippen LogP contribution is 2.31. The van der Waals surface area contributed by atoms with E-state index in [2.05, 4.69) is 9.97 Å². The Morgan fingerprint density at radius 1 is 1.12 bits per heavy atom. The van der Waals surface area contributed by atoms with Gasteiger partial charge in [-0.05, 0) is 65.0 Å². The van der Waals surface area contributed by atoms with E-state index in [1.807, 2.05) is 47.6 Å². The van der Waals surface area contributed by atoms with Gasteiger partial charge in [0, 0.05) is 30.0 Å². The third kappa shape index (κ3) is 5.39. The van der Waals surface area contributed by atoms with Crippen molar-refractivity contribution in [3.05, 3.63) is 29.7 Å². The molecule has 0 radical (unpaired) electrons. The number of nitrogens with zero attached hydrogens (tertiary/aromatic N) is 2. The Balaban J connectivity index is 2.10. The number of pyridine rings is 2. The normalized spacial score (nSPS) is 12.3. The number of aryl methyl sites for hydroxylation is 1. The molecule has 0 unspecified atom stereocenters. The number of hydrogen-bond donors (Lipinski definition) is 1. The lowest BCUT2D eigenvalue weighted by Crippen LogP contribution is -2.29. The predicted molar refractivity (Wildman–Crippen MR) is 102 cm³/mol. The highest BCUT2D eigenvalue weighted by atomic mass is 16.6. The Kier molecular flexibility index (Phi) is 5.86. The van der Waals surface area contributed by atoms with Crippen LogP contribution in [-0.4, -0.2) is 28.1 Å². The number of fused-ring (bicyclic) bond motifs is 1. The van der Waals surface area contributed by atoms with Gasteiger partial charge in [0.15, 0.2) is 0 Å². The van der Waals surface area contributed by atoms with Crippen molar-refractivity contribution in [3.63, 3.8) is 0 Å².